The van der Waals surface area contributed by atoms with Crippen LogP contribution < -0.4 is 19.7 Å². The molecule has 0 spiro atoms. The number of thiophene rings is 1. The Labute approximate surface area is 215 Å². The third-order valence-corrected chi connectivity index (χ3v) is 7.34. The second kappa shape index (κ2) is 12.0. The van der Waals surface area contributed by atoms with Crippen LogP contribution in [0.5, 0.6) is 11.5 Å². The van der Waals surface area contributed by atoms with Gasteiger partial charge in [0.1, 0.15) is 11.9 Å². The number of carbonyl (C=O) groups is 2. The molecule has 3 aromatic rings. The van der Waals surface area contributed by atoms with Gasteiger partial charge >= 0.3 is 0 Å². The lowest BCUT2D eigenvalue weighted by Gasteiger charge is -2.33. The van der Waals surface area contributed by atoms with Crippen LogP contribution in [-0.4, -0.2) is 32.1 Å². The summed E-state index contributed by atoms with van der Waals surface area (Å²) < 4.78 is 24.7. The number of rotatable bonds is 9. The summed E-state index contributed by atoms with van der Waals surface area (Å²) in [6.07, 6.45) is 5.21. The Balaban J connectivity index is 1.79. The van der Waals surface area contributed by atoms with Gasteiger partial charge in [0.25, 0.3) is 0 Å². The molecule has 1 aliphatic carbocycles. The summed E-state index contributed by atoms with van der Waals surface area (Å²) in [6.45, 7) is 0. The van der Waals surface area contributed by atoms with Crippen LogP contribution in [0, 0.1) is 5.82 Å². The first-order chi connectivity index (χ1) is 17.5. The van der Waals surface area contributed by atoms with Crippen molar-refractivity contribution < 1.29 is 23.5 Å². The van der Waals surface area contributed by atoms with Gasteiger partial charge in [-0.05, 0) is 66.2 Å². The lowest BCUT2D eigenvalue weighted by molar-refractivity contribution is -0.127. The first-order valence-electron chi connectivity index (χ1n) is 12.1. The molecule has 1 saturated carbocycles. The van der Waals surface area contributed by atoms with E-state index in [1.165, 1.54) is 47.6 Å². The molecule has 0 aliphatic heterocycles. The van der Waals surface area contributed by atoms with E-state index in [1.807, 2.05) is 17.5 Å². The number of nitrogens with zero attached hydrogens (tertiary/aromatic N) is 1. The molecule has 0 saturated heterocycles. The van der Waals surface area contributed by atoms with Crippen LogP contribution in [0.1, 0.15) is 48.6 Å². The minimum Gasteiger partial charge on any atom is -0.493 e. The van der Waals surface area contributed by atoms with Crippen molar-refractivity contribution in [2.75, 3.05) is 19.1 Å². The molecule has 36 heavy (non-hydrogen) atoms. The summed E-state index contributed by atoms with van der Waals surface area (Å²) in [5, 5.41) is 5.09. The monoisotopic (exact) mass is 510 g/mol. The Bertz CT molecular complexity index is 1160. The molecular formula is C28H31FN2O4S. The van der Waals surface area contributed by atoms with Gasteiger partial charge in [0.2, 0.25) is 11.8 Å². The number of halogens is 1. The molecular weight excluding hydrogens is 479 g/mol. The van der Waals surface area contributed by atoms with Crippen LogP contribution in [0.25, 0.3) is 0 Å². The van der Waals surface area contributed by atoms with Gasteiger partial charge in [0.15, 0.2) is 11.5 Å². The van der Waals surface area contributed by atoms with Crippen molar-refractivity contribution in [1.82, 2.24) is 5.32 Å². The lowest BCUT2D eigenvalue weighted by Crippen LogP contribution is -2.47. The van der Waals surface area contributed by atoms with Crippen LogP contribution in [-0.2, 0) is 16.0 Å². The Kier molecular flexibility index (Phi) is 8.59. The van der Waals surface area contributed by atoms with E-state index in [-0.39, 0.29) is 24.3 Å². The number of hydrogen-bond donors (Lipinski definition) is 1. The standard InChI is InChI=1S/C28H31FN2O4S/c1-34-24-15-10-19(17-25(24)35-2)27(28(33)30-21-7-4-3-5-8-21)31(22-13-11-20(29)12-14-22)26(32)18-23-9-6-16-36-23/h6,9-17,21,27H,3-5,7-8,18H2,1-2H3,(H,30,33)/t27-/m1/s1. The Morgan fingerprint density at radius 1 is 1.03 bits per heavy atom. The van der Waals surface area contributed by atoms with Gasteiger partial charge in [0.05, 0.1) is 20.6 Å². The van der Waals surface area contributed by atoms with Gasteiger partial charge in [-0.1, -0.05) is 31.4 Å². The van der Waals surface area contributed by atoms with E-state index in [9.17, 15) is 14.0 Å². The predicted octanol–water partition coefficient (Wildman–Crippen LogP) is 5.67. The molecule has 1 atom stereocenters. The number of amides is 2. The Morgan fingerprint density at radius 3 is 2.39 bits per heavy atom. The Morgan fingerprint density at radius 2 is 1.75 bits per heavy atom. The fourth-order valence-corrected chi connectivity index (χ4v) is 5.35. The van der Waals surface area contributed by atoms with Crippen molar-refractivity contribution in [2.24, 2.45) is 0 Å². The molecule has 8 heteroatoms. The summed E-state index contributed by atoms with van der Waals surface area (Å²) in [7, 11) is 3.07. The summed E-state index contributed by atoms with van der Waals surface area (Å²) >= 11 is 1.48. The zero-order valence-corrected chi connectivity index (χ0v) is 21.4. The van der Waals surface area contributed by atoms with Crippen molar-refractivity contribution in [1.29, 1.82) is 0 Å². The molecule has 1 fully saturated rings. The minimum absolute atomic E-state index is 0.0522. The van der Waals surface area contributed by atoms with Gasteiger partial charge < -0.3 is 14.8 Å². The largest absolute Gasteiger partial charge is 0.493 e. The summed E-state index contributed by atoms with van der Waals surface area (Å²) in [4.78, 5) is 30.0. The van der Waals surface area contributed by atoms with Crippen LogP contribution in [0.15, 0.2) is 60.0 Å². The molecule has 190 valence electrons. The third kappa shape index (κ3) is 6.05. The SMILES string of the molecule is COc1ccc([C@H](C(=O)NC2CCCCC2)N(C(=O)Cc2cccs2)c2ccc(F)cc2)cc1OC. The fraction of sp³-hybridized carbons (Fsp3) is 0.357. The normalized spacial score (nSPS) is 14.6. The van der Waals surface area contributed by atoms with Crippen LogP contribution >= 0.6 is 11.3 Å². The maximum absolute atomic E-state index is 13.9. The van der Waals surface area contributed by atoms with Gasteiger partial charge in [-0.3, -0.25) is 14.5 Å². The molecule has 0 radical (unpaired) electrons. The van der Waals surface area contributed by atoms with E-state index in [4.69, 9.17) is 9.47 Å². The van der Waals surface area contributed by atoms with Crippen molar-refractivity contribution >= 4 is 28.8 Å². The van der Waals surface area contributed by atoms with Crippen LogP contribution in [0.3, 0.4) is 0 Å². The highest BCUT2D eigenvalue weighted by Crippen LogP contribution is 2.35. The zero-order chi connectivity index (χ0) is 25.5. The number of hydrogen-bond acceptors (Lipinski definition) is 5. The lowest BCUT2D eigenvalue weighted by atomic mass is 9.94. The molecule has 1 N–H and O–H groups in total. The van der Waals surface area contributed by atoms with Gasteiger partial charge in [0, 0.05) is 16.6 Å². The van der Waals surface area contributed by atoms with Crippen molar-refractivity contribution in [3.05, 3.63) is 76.2 Å². The quantitative estimate of drug-likeness (QED) is 0.403. The molecule has 2 aromatic carbocycles. The topological polar surface area (TPSA) is 67.9 Å². The summed E-state index contributed by atoms with van der Waals surface area (Å²) in [6, 6.07) is 13.7. The highest BCUT2D eigenvalue weighted by molar-refractivity contribution is 7.10. The smallest absolute Gasteiger partial charge is 0.248 e. The maximum Gasteiger partial charge on any atom is 0.248 e. The minimum atomic E-state index is -0.982. The Hall–Kier alpha value is -3.39. The molecule has 1 aliphatic rings. The van der Waals surface area contributed by atoms with Gasteiger partial charge in [-0.25, -0.2) is 4.39 Å². The molecule has 2 amide bonds. The molecule has 6 nitrogen and oxygen atoms in total. The second-order valence-electron chi connectivity index (χ2n) is 8.86. The molecule has 1 aromatic heterocycles. The highest BCUT2D eigenvalue weighted by Gasteiger charge is 2.34. The average Bonchev–Trinajstić information content (AvgIpc) is 3.41. The fourth-order valence-electron chi connectivity index (χ4n) is 4.65. The predicted molar refractivity (Wildman–Crippen MR) is 139 cm³/mol. The number of anilines is 1. The number of carbonyl (C=O) groups excluding carboxylic acids is 2. The van der Waals surface area contributed by atoms with E-state index in [1.54, 1.807) is 25.3 Å². The van der Waals surface area contributed by atoms with E-state index in [2.05, 4.69) is 5.32 Å². The van der Waals surface area contributed by atoms with E-state index in [0.29, 0.717) is 22.7 Å². The van der Waals surface area contributed by atoms with E-state index < -0.39 is 11.9 Å². The first-order valence-corrected chi connectivity index (χ1v) is 13.0. The van der Waals surface area contributed by atoms with E-state index in [0.717, 1.165) is 37.0 Å². The highest BCUT2D eigenvalue weighted by atomic mass is 32.1. The maximum atomic E-state index is 13.9. The van der Waals surface area contributed by atoms with Crippen LogP contribution in [0.4, 0.5) is 10.1 Å². The molecule has 1 heterocycles. The van der Waals surface area contributed by atoms with Gasteiger partial charge in [-0.15, -0.1) is 11.3 Å². The molecule has 0 bridgehead atoms. The van der Waals surface area contributed by atoms with Crippen LogP contribution in [0.2, 0.25) is 0 Å². The number of nitrogens with one attached hydrogen (secondary N) is 1. The second-order valence-corrected chi connectivity index (χ2v) is 9.89. The molecule has 4 rings (SSSR count). The van der Waals surface area contributed by atoms with Crippen molar-refractivity contribution in [3.8, 4) is 11.5 Å². The first kappa shape index (κ1) is 25.7. The number of methoxy groups -OCH3 is 2. The van der Waals surface area contributed by atoms with E-state index >= 15 is 0 Å². The number of ether oxygens (including phenoxy) is 2. The van der Waals surface area contributed by atoms with Crippen molar-refractivity contribution in [3.63, 3.8) is 0 Å². The molecule has 0 unspecified atom stereocenters. The third-order valence-electron chi connectivity index (χ3n) is 6.46. The number of benzene rings is 2. The zero-order valence-electron chi connectivity index (χ0n) is 20.5. The summed E-state index contributed by atoms with van der Waals surface area (Å²) in [5.74, 6) is 0.0144. The van der Waals surface area contributed by atoms with Gasteiger partial charge in [-0.2, -0.15) is 0 Å². The van der Waals surface area contributed by atoms with Crippen molar-refractivity contribution in [2.45, 2.75) is 50.6 Å². The average molecular weight is 511 g/mol. The summed E-state index contributed by atoms with van der Waals surface area (Å²) in [5.41, 5.74) is 1.02.